The first-order valence-electron chi connectivity index (χ1n) is 6.13. The Morgan fingerprint density at radius 3 is 2.33 bits per heavy atom. The molecule has 1 rings (SSSR count). The Morgan fingerprint density at radius 2 is 2.00 bits per heavy atom. The molecule has 1 aliphatic heterocycles. The van der Waals surface area contributed by atoms with Gasteiger partial charge in [0.2, 0.25) is 0 Å². The average molecular weight is 261 g/mol. The minimum atomic E-state index is -0.933. The highest BCUT2D eigenvalue weighted by molar-refractivity contribution is 5.73. The summed E-state index contributed by atoms with van der Waals surface area (Å²) in [6, 6.07) is -0.985. The molecule has 7 nitrogen and oxygen atoms in total. The van der Waals surface area contributed by atoms with Crippen LogP contribution in [0.2, 0.25) is 0 Å². The maximum Gasteiger partial charge on any atom is 0.320 e. The SMILES string of the molecule is NCCCC[C@@H](N)C(=O)O.O=C(O)[C@H]1CCCN1. The molecular formula is C11H23N3O4. The van der Waals surface area contributed by atoms with E-state index in [2.05, 4.69) is 5.32 Å². The summed E-state index contributed by atoms with van der Waals surface area (Å²) >= 11 is 0. The Hall–Kier alpha value is -1.18. The molecule has 0 radical (unpaired) electrons. The lowest BCUT2D eigenvalue weighted by Crippen LogP contribution is -2.29. The first-order valence-corrected chi connectivity index (χ1v) is 6.13. The lowest BCUT2D eigenvalue weighted by molar-refractivity contribution is -0.139. The molecule has 0 spiro atoms. The molecule has 0 aromatic rings. The Balaban J connectivity index is 0.000000327. The second kappa shape index (κ2) is 9.81. The second-order valence-electron chi connectivity index (χ2n) is 4.22. The van der Waals surface area contributed by atoms with Gasteiger partial charge >= 0.3 is 11.9 Å². The molecule has 0 bridgehead atoms. The first kappa shape index (κ1) is 16.8. The summed E-state index contributed by atoms with van der Waals surface area (Å²) in [6.07, 6.45) is 3.95. The molecule has 0 aromatic carbocycles. The van der Waals surface area contributed by atoms with Crippen LogP contribution in [0.1, 0.15) is 32.1 Å². The summed E-state index contributed by atoms with van der Waals surface area (Å²) in [4.78, 5) is 20.3. The van der Waals surface area contributed by atoms with Crippen molar-refractivity contribution in [1.29, 1.82) is 0 Å². The maximum absolute atomic E-state index is 10.1. The number of carbonyl (C=O) groups is 2. The van der Waals surface area contributed by atoms with E-state index in [9.17, 15) is 9.59 Å². The molecule has 18 heavy (non-hydrogen) atoms. The van der Waals surface area contributed by atoms with Gasteiger partial charge in [-0.05, 0) is 38.8 Å². The number of unbranched alkanes of at least 4 members (excludes halogenated alkanes) is 1. The van der Waals surface area contributed by atoms with Crippen molar-refractivity contribution in [3.8, 4) is 0 Å². The fraction of sp³-hybridized carbons (Fsp3) is 0.818. The predicted molar refractivity (Wildman–Crippen MR) is 67.2 cm³/mol. The summed E-state index contributed by atoms with van der Waals surface area (Å²) in [5.74, 6) is -1.65. The summed E-state index contributed by atoms with van der Waals surface area (Å²) in [7, 11) is 0. The van der Waals surface area contributed by atoms with E-state index in [4.69, 9.17) is 21.7 Å². The van der Waals surface area contributed by atoms with Crippen LogP contribution in [0.5, 0.6) is 0 Å². The van der Waals surface area contributed by atoms with E-state index in [1.807, 2.05) is 0 Å². The molecule has 0 aromatic heterocycles. The number of hydrogen-bond acceptors (Lipinski definition) is 5. The van der Waals surface area contributed by atoms with Crippen LogP contribution in [0.15, 0.2) is 0 Å². The molecule has 1 heterocycles. The van der Waals surface area contributed by atoms with Crippen LogP contribution in [0.4, 0.5) is 0 Å². The highest BCUT2D eigenvalue weighted by atomic mass is 16.4. The van der Waals surface area contributed by atoms with Crippen LogP contribution in [0, 0.1) is 0 Å². The van der Waals surface area contributed by atoms with Crippen molar-refractivity contribution in [2.75, 3.05) is 13.1 Å². The average Bonchev–Trinajstić information content (AvgIpc) is 2.83. The van der Waals surface area contributed by atoms with Crippen LogP contribution in [-0.2, 0) is 9.59 Å². The van der Waals surface area contributed by atoms with Gasteiger partial charge in [0.1, 0.15) is 12.1 Å². The van der Waals surface area contributed by atoms with Gasteiger partial charge in [0.05, 0.1) is 0 Å². The van der Waals surface area contributed by atoms with Crippen LogP contribution in [-0.4, -0.2) is 47.3 Å². The van der Waals surface area contributed by atoms with E-state index >= 15 is 0 Å². The minimum absolute atomic E-state index is 0.269. The lowest BCUT2D eigenvalue weighted by Gasteiger charge is -2.03. The van der Waals surface area contributed by atoms with Crippen molar-refractivity contribution in [2.24, 2.45) is 11.5 Å². The van der Waals surface area contributed by atoms with Gasteiger partial charge in [-0.3, -0.25) is 9.59 Å². The molecule has 2 atom stereocenters. The Kier molecular flexibility index (Phi) is 9.17. The summed E-state index contributed by atoms with van der Waals surface area (Å²) in [5.41, 5.74) is 10.4. The molecule has 7 heteroatoms. The van der Waals surface area contributed by atoms with E-state index < -0.39 is 18.0 Å². The zero-order chi connectivity index (χ0) is 14.0. The first-order chi connectivity index (χ1) is 8.49. The van der Waals surface area contributed by atoms with Gasteiger partial charge in [0.15, 0.2) is 0 Å². The van der Waals surface area contributed by atoms with Crippen molar-refractivity contribution in [1.82, 2.24) is 5.32 Å². The van der Waals surface area contributed by atoms with Gasteiger partial charge in [0, 0.05) is 0 Å². The molecule has 0 saturated carbocycles. The Morgan fingerprint density at radius 1 is 1.33 bits per heavy atom. The summed E-state index contributed by atoms with van der Waals surface area (Å²) in [5, 5.41) is 19.5. The van der Waals surface area contributed by atoms with E-state index in [0.717, 1.165) is 32.2 Å². The van der Waals surface area contributed by atoms with Crippen LogP contribution in [0.3, 0.4) is 0 Å². The van der Waals surface area contributed by atoms with Gasteiger partial charge in [-0.15, -0.1) is 0 Å². The number of rotatable bonds is 6. The molecular weight excluding hydrogens is 238 g/mol. The zero-order valence-corrected chi connectivity index (χ0v) is 10.5. The number of nitrogens with one attached hydrogen (secondary N) is 1. The molecule has 7 N–H and O–H groups in total. The van der Waals surface area contributed by atoms with Crippen molar-refractivity contribution in [2.45, 2.75) is 44.2 Å². The standard InChI is InChI=1S/C6H14N2O2.C5H9NO2/c7-4-2-1-3-5(8)6(9)10;7-5(8)4-2-1-3-6-4/h5H,1-4,7-8H2,(H,9,10);4,6H,1-3H2,(H,7,8)/t5-;4-/m11/s1. The smallest absolute Gasteiger partial charge is 0.320 e. The number of nitrogens with two attached hydrogens (primary N) is 2. The van der Waals surface area contributed by atoms with Crippen LogP contribution >= 0.6 is 0 Å². The van der Waals surface area contributed by atoms with Crippen molar-refractivity contribution in [3.63, 3.8) is 0 Å². The van der Waals surface area contributed by atoms with E-state index in [-0.39, 0.29) is 6.04 Å². The molecule has 0 unspecified atom stereocenters. The number of carboxylic acid groups (broad SMARTS) is 2. The summed E-state index contributed by atoms with van der Waals surface area (Å²) in [6.45, 7) is 1.46. The molecule has 1 aliphatic rings. The maximum atomic E-state index is 10.1. The minimum Gasteiger partial charge on any atom is -0.480 e. The molecule has 0 aliphatic carbocycles. The molecule has 1 saturated heterocycles. The normalized spacial score (nSPS) is 19.8. The fourth-order valence-electron chi connectivity index (χ4n) is 1.53. The van der Waals surface area contributed by atoms with Gasteiger partial charge in [-0.2, -0.15) is 0 Å². The number of carboxylic acids is 2. The van der Waals surface area contributed by atoms with Crippen LogP contribution in [0.25, 0.3) is 0 Å². The van der Waals surface area contributed by atoms with Crippen molar-refractivity contribution >= 4 is 11.9 Å². The Bertz CT molecular complexity index is 255. The van der Waals surface area contributed by atoms with E-state index in [0.29, 0.717) is 13.0 Å². The monoisotopic (exact) mass is 261 g/mol. The topological polar surface area (TPSA) is 139 Å². The zero-order valence-electron chi connectivity index (χ0n) is 10.5. The van der Waals surface area contributed by atoms with Crippen LogP contribution < -0.4 is 16.8 Å². The van der Waals surface area contributed by atoms with E-state index in [1.54, 1.807) is 0 Å². The lowest BCUT2D eigenvalue weighted by atomic mass is 10.1. The highest BCUT2D eigenvalue weighted by Gasteiger charge is 2.20. The predicted octanol–water partition coefficient (Wildman–Crippen LogP) is -0.650. The van der Waals surface area contributed by atoms with Gasteiger partial charge in [-0.1, -0.05) is 6.42 Å². The van der Waals surface area contributed by atoms with E-state index in [1.165, 1.54) is 0 Å². The third-order valence-electron chi connectivity index (χ3n) is 2.64. The number of aliphatic carboxylic acids is 2. The van der Waals surface area contributed by atoms with Gasteiger partial charge in [0.25, 0.3) is 0 Å². The quantitative estimate of drug-likeness (QED) is 0.400. The van der Waals surface area contributed by atoms with Crippen molar-refractivity contribution < 1.29 is 19.8 Å². The summed E-state index contributed by atoms with van der Waals surface area (Å²) < 4.78 is 0. The highest BCUT2D eigenvalue weighted by Crippen LogP contribution is 2.03. The van der Waals surface area contributed by atoms with Crippen molar-refractivity contribution in [3.05, 3.63) is 0 Å². The van der Waals surface area contributed by atoms with Gasteiger partial charge in [-0.25, -0.2) is 0 Å². The fourth-order valence-corrected chi connectivity index (χ4v) is 1.53. The third-order valence-corrected chi connectivity index (χ3v) is 2.64. The second-order valence-corrected chi connectivity index (χ2v) is 4.22. The molecule has 0 amide bonds. The molecule has 106 valence electrons. The van der Waals surface area contributed by atoms with Gasteiger partial charge < -0.3 is 27.0 Å². The third kappa shape index (κ3) is 7.99. The molecule has 1 fully saturated rings. The largest absolute Gasteiger partial charge is 0.480 e. The number of hydrogen-bond donors (Lipinski definition) is 5. The Labute approximate surface area is 107 Å².